The summed E-state index contributed by atoms with van der Waals surface area (Å²) in [4.78, 5) is 25.7. The van der Waals surface area contributed by atoms with E-state index in [0.29, 0.717) is 17.6 Å². The summed E-state index contributed by atoms with van der Waals surface area (Å²) in [5.74, 6) is 3.41. The van der Waals surface area contributed by atoms with Crippen LogP contribution in [0, 0.1) is 17.8 Å². The first-order chi connectivity index (χ1) is 10.2. The quantitative estimate of drug-likeness (QED) is 0.853. The molecular formula is C15H19ClN4O. The van der Waals surface area contributed by atoms with Crippen molar-refractivity contribution in [3.8, 4) is 0 Å². The van der Waals surface area contributed by atoms with E-state index in [-0.39, 0.29) is 10.9 Å². The van der Waals surface area contributed by atoms with Crippen molar-refractivity contribution in [2.45, 2.75) is 43.9 Å². The minimum Gasteiger partial charge on any atom is -0.336 e. The largest absolute Gasteiger partial charge is 0.336 e. The molecule has 5 nitrogen and oxygen atoms in total. The predicted molar refractivity (Wildman–Crippen MR) is 81.4 cm³/mol. The van der Waals surface area contributed by atoms with E-state index >= 15 is 0 Å². The molecule has 0 saturated heterocycles. The van der Waals surface area contributed by atoms with E-state index in [2.05, 4.69) is 19.9 Å². The van der Waals surface area contributed by atoms with Gasteiger partial charge in [0.2, 0.25) is 0 Å². The molecule has 2 aliphatic carbocycles. The van der Waals surface area contributed by atoms with E-state index in [9.17, 15) is 4.79 Å². The van der Waals surface area contributed by atoms with Gasteiger partial charge in [-0.25, -0.2) is 9.97 Å². The van der Waals surface area contributed by atoms with Crippen LogP contribution >= 0.6 is 11.6 Å². The molecule has 2 bridgehead atoms. The monoisotopic (exact) mass is 306 g/mol. The van der Waals surface area contributed by atoms with Crippen molar-refractivity contribution in [1.29, 1.82) is 0 Å². The van der Waals surface area contributed by atoms with Crippen LogP contribution in [0.4, 0.5) is 0 Å². The van der Waals surface area contributed by atoms with Gasteiger partial charge in [-0.15, -0.1) is 11.6 Å². The second-order valence-electron chi connectivity index (χ2n) is 6.59. The molecule has 4 rings (SSSR count). The number of hydrogen-bond acceptors (Lipinski definition) is 3. The average molecular weight is 307 g/mol. The molecule has 2 N–H and O–H groups in total. The molecule has 0 radical (unpaired) electrons. The summed E-state index contributed by atoms with van der Waals surface area (Å²) in [5.41, 5.74) is 0.729. The van der Waals surface area contributed by atoms with Crippen LogP contribution in [-0.2, 0) is 6.42 Å². The summed E-state index contributed by atoms with van der Waals surface area (Å²) < 4.78 is 0. The molecule has 4 atom stereocenters. The topological polar surface area (TPSA) is 74.4 Å². The summed E-state index contributed by atoms with van der Waals surface area (Å²) in [5, 5.41) is 0.0778. The van der Waals surface area contributed by atoms with Gasteiger partial charge in [-0.1, -0.05) is 6.42 Å². The van der Waals surface area contributed by atoms with Gasteiger partial charge in [0.1, 0.15) is 5.82 Å². The third-order valence-electron chi connectivity index (χ3n) is 5.20. The maximum Gasteiger partial charge on any atom is 0.276 e. The second kappa shape index (κ2) is 5.13. The molecule has 0 aliphatic heterocycles. The highest BCUT2D eigenvalue weighted by Gasteiger charge is 2.39. The van der Waals surface area contributed by atoms with Crippen molar-refractivity contribution >= 4 is 22.8 Å². The molecule has 2 aromatic rings. The minimum absolute atomic E-state index is 0.0778. The number of rotatable bonds is 4. The Balaban J connectivity index is 1.44. The fraction of sp³-hybridized carbons (Fsp3) is 0.667. The van der Waals surface area contributed by atoms with Crippen molar-refractivity contribution in [1.82, 2.24) is 19.9 Å². The van der Waals surface area contributed by atoms with E-state index < -0.39 is 0 Å². The number of alkyl halides is 1. The molecule has 21 heavy (non-hydrogen) atoms. The van der Waals surface area contributed by atoms with Crippen LogP contribution in [0.25, 0.3) is 11.2 Å². The second-order valence-corrected chi connectivity index (χ2v) is 7.20. The molecule has 2 heterocycles. The van der Waals surface area contributed by atoms with Gasteiger partial charge in [-0.3, -0.25) is 4.79 Å². The highest BCUT2D eigenvalue weighted by molar-refractivity contribution is 6.20. The minimum atomic E-state index is -0.182. The van der Waals surface area contributed by atoms with E-state index in [4.69, 9.17) is 11.6 Å². The fourth-order valence-electron chi connectivity index (χ4n) is 4.27. The van der Waals surface area contributed by atoms with Gasteiger partial charge in [0.05, 0.1) is 6.33 Å². The normalized spacial score (nSPS) is 29.3. The average Bonchev–Trinajstić information content (AvgIpc) is 3.13. The van der Waals surface area contributed by atoms with Gasteiger partial charge in [0.25, 0.3) is 5.56 Å². The van der Waals surface area contributed by atoms with Gasteiger partial charge >= 0.3 is 0 Å². The predicted octanol–water partition coefficient (Wildman–Crippen LogP) is 2.62. The molecular weight excluding hydrogens is 288 g/mol. The highest BCUT2D eigenvalue weighted by atomic mass is 35.5. The van der Waals surface area contributed by atoms with Crippen molar-refractivity contribution in [3.05, 3.63) is 22.5 Å². The van der Waals surface area contributed by atoms with E-state index in [1.54, 1.807) is 0 Å². The maximum absolute atomic E-state index is 11.6. The Labute approximate surface area is 127 Å². The molecule has 2 saturated carbocycles. The summed E-state index contributed by atoms with van der Waals surface area (Å²) in [6.07, 6.45) is 8.69. The number of imidazole rings is 1. The smallest absolute Gasteiger partial charge is 0.276 e. The van der Waals surface area contributed by atoms with Crippen molar-refractivity contribution < 1.29 is 0 Å². The standard InChI is InChI=1S/C15H19ClN4O/c16-11(5-10-4-8-1-2-9(10)3-8)6-12-19-13-14(20-12)17-7-18-15(13)21/h7-11H,1-6H2,(H2,17,18,19,20,21). The number of halogens is 1. The summed E-state index contributed by atoms with van der Waals surface area (Å²) in [6, 6.07) is 0. The lowest BCUT2D eigenvalue weighted by atomic mass is 9.85. The molecule has 0 spiro atoms. The van der Waals surface area contributed by atoms with Crippen molar-refractivity contribution in [2.24, 2.45) is 17.8 Å². The Kier molecular flexibility index (Phi) is 3.25. The Hall–Kier alpha value is -1.36. The molecule has 0 aromatic carbocycles. The third-order valence-corrected chi connectivity index (χ3v) is 5.53. The lowest BCUT2D eigenvalue weighted by molar-refractivity contribution is 0.310. The fourth-order valence-corrected chi connectivity index (χ4v) is 4.65. The SMILES string of the molecule is O=c1[nH]cnc2nc(CC(Cl)CC3CC4CCC3C4)[nH]c12. The molecule has 4 unspecified atom stereocenters. The van der Waals surface area contributed by atoms with Gasteiger partial charge in [0, 0.05) is 11.8 Å². The van der Waals surface area contributed by atoms with Gasteiger partial charge in [0.15, 0.2) is 11.2 Å². The zero-order valence-corrected chi connectivity index (χ0v) is 12.6. The van der Waals surface area contributed by atoms with Crippen LogP contribution in [0.5, 0.6) is 0 Å². The van der Waals surface area contributed by atoms with Gasteiger partial charge in [-0.05, 0) is 43.4 Å². The first kappa shape index (κ1) is 13.3. The number of aromatic nitrogens is 4. The number of hydrogen-bond donors (Lipinski definition) is 2. The van der Waals surface area contributed by atoms with Crippen LogP contribution in [-0.4, -0.2) is 25.3 Å². The van der Waals surface area contributed by atoms with Crippen molar-refractivity contribution in [3.63, 3.8) is 0 Å². The van der Waals surface area contributed by atoms with Gasteiger partial charge < -0.3 is 9.97 Å². The van der Waals surface area contributed by atoms with Crippen LogP contribution < -0.4 is 5.56 Å². The molecule has 2 aliphatic rings. The molecule has 2 aromatic heterocycles. The van der Waals surface area contributed by atoms with Crippen LogP contribution in [0.1, 0.15) is 37.9 Å². The summed E-state index contributed by atoms with van der Waals surface area (Å²) in [6.45, 7) is 0. The number of H-pyrrole nitrogens is 2. The Morgan fingerprint density at radius 3 is 3.00 bits per heavy atom. The van der Waals surface area contributed by atoms with E-state index in [1.807, 2.05) is 0 Å². The lowest BCUT2D eigenvalue weighted by Gasteiger charge is -2.23. The zero-order valence-electron chi connectivity index (χ0n) is 11.8. The highest BCUT2D eigenvalue weighted by Crippen LogP contribution is 2.50. The van der Waals surface area contributed by atoms with Crippen molar-refractivity contribution in [2.75, 3.05) is 0 Å². The van der Waals surface area contributed by atoms with E-state index in [0.717, 1.165) is 30.0 Å². The summed E-state index contributed by atoms with van der Waals surface area (Å²) in [7, 11) is 0. The van der Waals surface area contributed by atoms with Gasteiger partial charge in [-0.2, -0.15) is 0 Å². The first-order valence-electron chi connectivity index (χ1n) is 7.75. The molecule has 6 heteroatoms. The van der Waals surface area contributed by atoms with Crippen LogP contribution in [0.2, 0.25) is 0 Å². The number of aromatic amines is 2. The summed E-state index contributed by atoms with van der Waals surface area (Å²) >= 11 is 6.53. The Morgan fingerprint density at radius 1 is 1.38 bits per heavy atom. The first-order valence-corrected chi connectivity index (χ1v) is 8.19. The Morgan fingerprint density at radius 2 is 2.29 bits per heavy atom. The zero-order chi connectivity index (χ0) is 14.4. The van der Waals surface area contributed by atoms with E-state index in [1.165, 1.54) is 32.0 Å². The molecule has 0 amide bonds. The number of nitrogens with one attached hydrogen (secondary N) is 2. The Bertz CT molecular complexity index is 709. The maximum atomic E-state index is 11.6. The van der Waals surface area contributed by atoms with Crippen LogP contribution in [0.15, 0.2) is 11.1 Å². The lowest BCUT2D eigenvalue weighted by Crippen LogP contribution is -2.17. The third kappa shape index (κ3) is 2.48. The number of nitrogens with zero attached hydrogens (tertiary/aromatic N) is 2. The molecule has 112 valence electrons. The van der Waals surface area contributed by atoms with Crippen LogP contribution in [0.3, 0.4) is 0 Å². The molecule has 2 fully saturated rings. The number of fused-ring (bicyclic) bond motifs is 3.